The molecule has 0 bridgehead atoms. The molecule has 0 amide bonds. The number of aryl methyl sites for hydroxylation is 2. The fourth-order valence-electron chi connectivity index (χ4n) is 5.23. The van der Waals surface area contributed by atoms with Crippen LogP contribution < -0.4 is 12.6 Å². The maximum atomic E-state index is 6.30. The van der Waals surface area contributed by atoms with Gasteiger partial charge in [-0.05, 0) is 0 Å². The van der Waals surface area contributed by atoms with Crippen molar-refractivity contribution >= 4 is 77.9 Å². The van der Waals surface area contributed by atoms with Gasteiger partial charge >= 0.3 is 211 Å². The van der Waals surface area contributed by atoms with E-state index >= 15 is 0 Å². The van der Waals surface area contributed by atoms with E-state index in [1.165, 1.54) is 3.27 Å². The standard InChI is InChI=1S/C27H20N4O2.Bi.2H/c1-16-22(32-3)14-13-21-25(16)31(27-28-19-9-5-6-10-20(19)30(21)27)24-15-12-18-17-8-4-7-11-23(17)33-26(18)29(24)2;;;/h4-8,10-15H,1-3H3;;;/q+1;;;. The van der Waals surface area contributed by atoms with Crippen LogP contribution >= 0.6 is 0 Å². The number of aromatic nitrogens is 4. The van der Waals surface area contributed by atoms with Crippen LogP contribution in [-0.4, -0.2) is 45.8 Å². The number of benzene rings is 3. The molecule has 6 nitrogen and oxygen atoms in total. The van der Waals surface area contributed by atoms with E-state index in [4.69, 9.17) is 14.1 Å². The topological polar surface area (TPSA) is 48.5 Å². The summed E-state index contributed by atoms with van der Waals surface area (Å²) < 4.78 is 20.0. The van der Waals surface area contributed by atoms with Crippen LogP contribution in [0.3, 0.4) is 0 Å². The molecule has 0 fully saturated rings. The third-order valence-corrected chi connectivity index (χ3v) is 8.64. The fraction of sp³-hybridized carbons (Fsp3) is 0.111. The van der Waals surface area contributed by atoms with Gasteiger partial charge in [0.1, 0.15) is 0 Å². The fourth-order valence-corrected chi connectivity index (χ4v) is 6.48. The van der Waals surface area contributed by atoms with Crippen molar-refractivity contribution in [1.82, 2.24) is 14.0 Å². The van der Waals surface area contributed by atoms with E-state index < -0.39 is 0 Å². The Hall–Kier alpha value is -3.44. The summed E-state index contributed by atoms with van der Waals surface area (Å²) >= 11 is 0.706. The molecule has 7 aromatic rings. The van der Waals surface area contributed by atoms with Gasteiger partial charge in [-0.15, -0.1) is 0 Å². The summed E-state index contributed by atoms with van der Waals surface area (Å²) in [7, 11) is 3.78. The predicted octanol–water partition coefficient (Wildman–Crippen LogP) is 3.73. The third kappa shape index (κ3) is 2.48. The van der Waals surface area contributed by atoms with Gasteiger partial charge in [0.2, 0.25) is 0 Å². The summed E-state index contributed by atoms with van der Waals surface area (Å²) in [6, 6.07) is 23.1. The van der Waals surface area contributed by atoms with Gasteiger partial charge in [-0.3, -0.25) is 0 Å². The summed E-state index contributed by atoms with van der Waals surface area (Å²) in [5.41, 5.74) is 7.20. The van der Waals surface area contributed by atoms with Gasteiger partial charge in [-0.1, -0.05) is 0 Å². The van der Waals surface area contributed by atoms with Crippen LogP contribution in [0.2, 0.25) is 0 Å². The summed E-state index contributed by atoms with van der Waals surface area (Å²) in [5.74, 6) is 2.73. The van der Waals surface area contributed by atoms with Crippen LogP contribution in [0.25, 0.3) is 55.7 Å². The third-order valence-electron chi connectivity index (χ3n) is 6.83. The molecule has 0 spiro atoms. The SMILES string of the molecule is COc1ccc2c(c1C)n(-c1ccc3c4ccccc4oc3[n+]1C)c1nc3[c]([BiH2])cccc3n21. The van der Waals surface area contributed by atoms with E-state index in [9.17, 15) is 0 Å². The number of para-hydroxylation sites is 2. The first-order chi connectivity index (χ1) is 16.6. The molecule has 4 aromatic heterocycles. The zero-order valence-electron chi connectivity index (χ0n) is 19.0. The van der Waals surface area contributed by atoms with Gasteiger partial charge in [0.05, 0.1) is 0 Å². The zero-order chi connectivity index (χ0) is 23.1. The molecule has 3 aromatic carbocycles. The summed E-state index contributed by atoms with van der Waals surface area (Å²) in [6.07, 6.45) is 0. The average molecular weight is 643 g/mol. The average Bonchev–Trinajstić information content (AvgIpc) is 3.50. The molecular formula is C27H22BiN4O2+. The normalized spacial score (nSPS) is 12.1. The first-order valence-corrected chi connectivity index (χ1v) is 13.4. The number of furan rings is 1. The second-order valence-electron chi connectivity index (χ2n) is 8.63. The monoisotopic (exact) mass is 643 g/mol. The van der Waals surface area contributed by atoms with Crippen LogP contribution in [0, 0.1) is 6.92 Å². The van der Waals surface area contributed by atoms with Crippen LogP contribution in [-0.2, 0) is 7.05 Å². The van der Waals surface area contributed by atoms with Crippen LogP contribution in [0.1, 0.15) is 5.56 Å². The Bertz CT molecular complexity index is 1940. The Kier molecular flexibility index (Phi) is 4.13. The number of hydrogen-bond donors (Lipinski definition) is 0. The zero-order valence-corrected chi connectivity index (χ0v) is 23.5. The van der Waals surface area contributed by atoms with Crippen molar-refractivity contribution in [3.63, 3.8) is 0 Å². The Balaban J connectivity index is 1.69. The van der Waals surface area contributed by atoms with E-state index in [2.05, 4.69) is 70.0 Å². The number of pyridine rings is 1. The summed E-state index contributed by atoms with van der Waals surface area (Å²) in [4.78, 5) is 5.17. The van der Waals surface area contributed by atoms with Crippen molar-refractivity contribution in [2.75, 3.05) is 7.11 Å². The van der Waals surface area contributed by atoms with Gasteiger partial charge < -0.3 is 0 Å². The Morgan fingerprint density at radius 2 is 1.79 bits per heavy atom. The van der Waals surface area contributed by atoms with Crippen molar-refractivity contribution in [3.05, 3.63) is 72.3 Å². The summed E-state index contributed by atoms with van der Waals surface area (Å²) in [5, 5.41) is 2.22. The molecule has 7 rings (SSSR count). The molecular weight excluding hydrogens is 621 g/mol. The molecule has 0 atom stereocenters. The van der Waals surface area contributed by atoms with Crippen LogP contribution in [0.5, 0.6) is 5.75 Å². The maximum absolute atomic E-state index is 6.30. The molecule has 0 N–H and O–H groups in total. The second-order valence-corrected chi connectivity index (χ2v) is 11.0. The Morgan fingerprint density at radius 1 is 0.941 bits per heavy atom. The van der Waals surface area contributed by atoms with Crippen molar-refractivity contribution in [3.8, 4) is 11.6 Å². The van der Waals surface area contributed by atoms with E-state index in [0.717, 1.165) is 67.0 Å². The van der Waals surface area contributed by atoms with Crippen molar-refractivity contribution < 1.29 is 13.7 Å². The number of methoxy groups -OCH3 is 1. The molecule has 0 saturated heterocycles. The molecule has 0 saturated carbocycles. The molecule has 7 heteroatoms. The van der Waals surface area contributed by atoms with Gasteiger partial charge in [0.25, 0.3) is 0 Å². The Morgan fingerprint density at radius 3 is 2.65 bits per heavy atom. The van der Waals surface area contributed by atoms with Gasteiger partial charge in [-0.25, -0.2) is 0 Å². The van der Waals surface area contributed by atoms with Crippen LogP contribution in [0.15, 0.2) is 71.1 Å². The number of ether oxygens (including phenoxy) is 1. The molecule has 0 aliphatic heterocycles. The first-order valence-electron chi connectivity index (χ1n) is 11.1. The Labute approximate surface area is 209 Å². The molecule has 0 unspecified atom stereocenters. The number of nitrogens with zero attached hydrogens (tertiary/aromatic N) is 4. The van der Waals surface area contributed by atoms with E-state index in [1.54, 1.807) is 7.11 Å². The molecule has 34 heavy (non-hydrogen) atoms. The minimum atomic E-state index is 0.706. The van der Waals surface area contributed by atoms with Crippen molar-refractivity contribution in [1.29, 1.82) is 0 Å². The number of hydrogen-bond acceptors (Lipinski definition) is 3. The molecule has 0 aliphatic carbocycles. The minimum absolute atomic E-state index is 0.706. The van der Waals surface area contributed by atoms with Gasteiger partial charge in [0.15, 0.2) is 0 Å². The number of imidazole rings is 2. The molecule has 166 valence electrons. The number of fused-ring (bicyclic) bond motifs is 8. The van der Waals surface area contributed by atoms with E-state index in [-0.39, 0.29) is 0 Å². The number of rotatable bonds is 2. The molecule has 0 radical (unpaired) electrons. The first kappa shape index (κ1) is 20.0. The van der Waals surface area contributed by atoms with Gasteiger partial charge in [-0.2, -0.15) is 0 Å². The van der Waals surface area contributed by atoms with Crippen LogP contribution in [0.4, 0.5) is 0 Å². The second kappa shape index (κ2) is 7.03. The van der Waals surface area contributed by atoms with Crippen molar-refractivity contribution in [2.45, 2.75) is 6.92 Å². The quantitative estimate of drug-likeness (QED) is 0.213. The predicted molar refractivity (Wildman–Crippen MR) is 137 cm³/mol. The van der Waals surface area contributed by atoms with Gasteiger partial charge in [0, 0.05) is 0 Å². The molecule has 0 aliphatic rings. The molecule has 4 heterocycles. The van der Waals surface area contributed by atoms with Crippen molar-refractivity contribution in [2.24, 2.45) is 7.05 Å². The summed E-state index contributed by atoms with van der Waals surface area (Å²) in [6.45, 7) is 2.11. The van der Waals surface area contributed by atoms with E-state index in [0.29, 0.717) is 24.7 Å². The van der Waals surface area contributed by atoms with E-state index in [1.807, 2.05) is 24.3 Å².